The molecule has 0 unspecified atom stereocenters. The van der Waals surface area contributed by atoms with Crippen molar-refractivity contribution in [3.63, 3.8) is 0 Å². The Morgan fingerprint density at radius 1 is 0.968 bits per heavy atom. The first-order valence-electron chi connectivity index (χ1n) is 10.3. The van der Waals surface area contributed by atoms with Crippen molar-refractivity contribution in [1.82, 2.24) is 15.6 Å². The molecule has 3 rings (SSSR count). The van der Waals surface area contributed by atoms with E-state index in [2.05, 4.69) is 15.8 Å². The number of rotatable bonds is 8. The second kappa shape index (κ2) is 11.5. The van der Waals surface area contributed by atoms with E-state index in [0.717, 1.165) is 31.5 Å². The van der Waals surface area contributed by atoms with E-state index in [-0.39, 0.29) is 12.5 Å². The molecule has 1 aliphatic rings. The lowest BCUT2D eigenvalue weighted by Crippen LogP contribution is -2.38. The fourth-order valence-electron chi connectivity index (χ4n) is 3.17. The van der Waals surface area contributed by atoms with Gasteiger partial charge in [-0.15, -0.1) is 0 Å². The summed E-state index contributed by atoms with van der Waals surface area (Å²) in [5, 5.41) is 6.39. The van der Waals surface area contributed by atoms with E-state index >= 15 is 0 Å². The van der Waals surface area contributed by atoms with Crippen LogP contribution in [0.5, 0.6) is 5.75 Å². The molecule has 1 fully saturated rings. The van der Waals surface area contributed by atoms with Crippen LogP contribution < -0.4 is 15.5 Å². The average molecular weight is 422 g/mol. The maximum atomic E-state index is 12.2. The summed E-state index contributed by atoms with van der Waals surface area (Å²) in [6.07, 6.45) is 4.05. The van der Waals surface area contributed by atoms with Crippen LogP contribution in [0.15, 0.2) is 59.7 Å². The molecule has 1 heterocycles. The van der Waals surface area contributed by atoms with Crippen molar-refractivity contribution in [2.24, 2.45) is 5.10 Å². The summed E-state index contributed by atoms with van der Waals surface area (Å²) < 4.78 is 5.64. The summed E-state index contributed by atoms with van der Waals surface area (Å²) >= 11 is 0. The third-order valence-electron chi connectivity index (χ3n) is 4.85. The van der Waals surface area contributed by atoms with Gasteiger partial charge < -0.3 is 15.0 Å². The number of nitrogens with zero attached hydrogens (tertiary/aromatic N) is 2. The molecule has 0 aromatic heterocycles. The number of nitrogens with one attached hydrogen (secondary N) is 2. The van der Waals surface area contributed by atoms with Gasteiger partial charge in [-0.1, -0.05) is 42.5 Å². The number of likely N-dealkylation sites (tertiary alicyclic amines) is 1. The van der Waals surface area contributed by atoms with E-state index in [1.54, 1.807) is 29.2 Å². The van der Waals surface area contributed by atoms with Gasteiger partial charge in [-0.2, -0.15) is 5.10 Å². The van der Waals surface area contributed by atoms with E-state index in [9.17, 15) is 14.4 Å². The number of para-hydroxylation sites is 1. The Labute approximate surface area is 181 Å². The van der Waals surface area contributed by atoms with Gasteiger partial charge in [-0.25, -0.2) is 5.43 Å². The molecule has 31 heavy (non-hydrogen) atoms. The molecule has 162 valence electrons. The van der Waals surface area contributed by atoms with Crippen molar-refractivity contribution in [2.45, 2.75) is 19.3 Å². The topological polar surface area (TPSA) is 100 Å². The predicted octanol–water partition coefficient (Wildman–Crippen LogP) is 1.50. The van der Waals surface area contributed by atoms with Crippen molar-refractivity contribution in [1.29, 1.82) is 0 Å². The Bertz CT molecular complexity index is 924. The monoisotopic (exact) mass is 422 g/mol. The van der Waals surface area contributed by atoms with Gasteiger partial charge in [-0.05, 0) is 37.0 Å². The highest BCUT2D eigenvalue weighted by Crippen LogP contribution is 2.16. The van der Waals surface area contributed by atoms with E-state index in [4.69, 9.17) is 4.74 Å². The van der Waals surface area contributed by atoms with Crippen LogP contribution in [-0.2, 0) is 20.8 Å². The van der Waals surface area contributed by atoms with Crippen molar-refractivity contribution < 1.29 is 19.1 Å². The zero-order chi connectivity index (χ0) is 21.9. The second-order valence-corrected chi connectivity index (χ2v) is 7.11. The Morgan fingerprint density at radius 2 is 1.68 bits per heavy atom. The first kappa shape index (κ1) is 22.0. The minimum Gasteiger partial charge on any atom is -0.483 e. The number of hydrogen-bond donors (Lipinski definition) is 2. The summed E-state index contributed by atoms with van der Waals surface area (Å²) in [6, 6.07) is 16.7. The lowest BCUT2D eigenvalue weighted by Gasteiger charge is -2.16. The number of benzene rings is 2. The molecule has 2 aromatic carbocycles. The highest BCUT2D eigenvalue weighted by Gasteiger charge is 2.18. The molecular formula is C23H26N4O4. The van der Waals surface area contributed by atoms with Gasteiger partial charge in [0.25, 0.3) is 5.91 Å². The third-order valence-corrected chi connectivity index (χ3v) is 4.85. The number of ether oxygens (including phenoxy) is 1. The standard InChI is InChI=1S/C23H26N4O4/c28-21(27-14-6-7-15-27)17-31-20-11-5-4-10-19(20)16-25-26-23(30)22(29)24-13-12-18-8-2-1-3-9-18/h1-5,8-11,16H,6-7,12-15,17H2,(H,24,29)(H,26,30)/b25-16-. The third kappa shape index (κ3) is 6.95. The van der Waals surface area contributed by atoms with Gasteiger partial charge in [0, 0.05) is 25.2 Å². The smallest absolute Gasteiger partial charge is 0.329 e. The molecule has 3 amide bonds. The van der Waals surface area contributed by atoms with Gasteiger partial charge in [-0.3, -0.25) is 14.4 Å². The normalized spacial score (nSPS) is 13.2. The number of hydrazone groups is 1. The van der Waals surface area contributed by atoms with Gasteiger partial charge in [0.2, 0.25) is 0 Å². The van der Waals surface area contributed by atoms with Crippen molar-refractivity contribution in [3.05, 3.63) is 65.7 Å². The SMILES string of the molecule is O=C(NCCc1ccccc1)C(=O)N/N=C\c1ccccc1OCC(=O)N1CCCC1. The molecule has 2 N–H and O–H groups in total. The molecule has 8 heteroatoms. The van der Waals surface area contributed by atoms with Crippen LogP contribution >= 0.6 is 0 Å². The van der Waals surface area contributed by atoms with Crippen LogP contribution in [0.4, 0.5) is 0 Å². The first-order valence-corrected chi connectivity index (χ1v) is 10.3. The molecule has 2 aromatic rings. The molecular weight excluding hydrogens is 396 g/mol. The van der Waals surface area contributed by atoms with Gasteiger partial charge in [0.15, 0.2) is 6.61 Å². The summed E-state index contributed by atoms with van der Waals surface area (Å²) in [6.45, 7) is 1.83. The van der Waals surface area contributed by atoms with E-state index in [1.807, 2.05) is 30.3 Å². The van der Waals surface area contributed by atoms with Crippen LogP contribution in [0.25, 0.3) is 0 Å². The fourth-order valence-corrected chi connectivity index (χ4v) is 3.17. The van der Waals surface area contributed by atoms with Crippen LogP contribution in [0, 0.1) is 0 Å². The van der Waals surface area contributed by atoms with Crippen LogP contribution in [0.3, 0.4) is 0 Å². The van der Waals surface area contributed by atoms with E-state index in [0.29, 0.717) is 24.3 Å². The summed E-state index contributed by atoms with van der Waals surface area (Å²) in [5.41, 5.74) is 3.86. The molecule has 0 aliphatic carbocycles. The Morgan fingerprint density at radius 3 is 2.45 bits per heavy atom. The summed E-state index contributed by atoms with van der Waals surface area (Å²) in [5.74, 6) is -1.19. The number of carbonyl (C=O) groups is 3. The quantitative estimate of drug-likeness (QED) is 0.382. The lowest BCUT2D eigenvalue weighted by atomic mass is 10.1. The van der Waals surface area contributed by atoms with E-state index < -0.39 is 11.8 Å². The number of amides is 3. The second-order valence-electron chi connectivity index (χ2n) is 7.11. The Balaban J connectivity index is 1.44. The Kier molecular flexibility index (Phi) is 8.16. The molecule has 0 spiro atoms. The maximum Gasteiger partial charge on any atom is 0.329 e. The highest BCUT2D eigenvalue weighted by molar-refractivity contribution is 6.35. The largest absolute Gasteiger partial charge is 0.483 e. The van der Waals surface area contributed by atoms with Gasteiger partial charge in [0.1, 0.15) is 5.75 Å². The van der Waals surface area contributed by atoms with Crippen molar-refractivity contribution >= 4 is 23.9 Å². The minimum absolute atomic E-state index is 0.0512. The Hall–Kier alpha value is -3.68. The predicted molar refractivity (Wildman–Crippen MR) is 117 cm³/mol. The molecule has 8 nitrogen and oxygen atoms in total. The zero-order valence-corrected chi connectivity index (χ0v) is 17.3. The summed E-state index contributed by atoms with van der Waals surface area (Å²) in [4.78, 5) is 37.7. The van der Waals surface area contributed by atoms with Crippen LogP contribution in [0.2, 0.25) is 0 Å². The van der Waals surface area contributed by atoms with Crippen molar-refractivity contribution in [3.8, 4) is 5.75 Å². The lowest BCUT2D eigenvalue weighted by molar-refractivity contribution is -0.139. The van der Waals surface area contributed by atoms with Crippen molar-refractivity contribution in [2.75, 3.05) is 26.2 Å². The molecule has 0 saturated carbocycles. The molecule has 0 bridgehead atoms. The molecule has 1 aliphatic heterocycles. The molecule has 0 atom stereocenters. The molecule has 1 saturated heterocycles. The van der Waals surface area contributed by atoms with Gasteiger partial charge >= 0.3 is 11.8 Å². The number of hydrogen-bond acceptors (Lipinski definition) is 5. The first-order chi connectivity index (χ1) is 15.1. The van der Waals surface area contributed by atoms with Gasteiger partial charge in [0.05, 0.1) is 6.21 Å². The minimum atomic E-state index is -0.855. The number of carbonyl (C=O) groups excluding carboxylic acids is 3. The highest BCUT2D eigenvalue weighted by atomic mass is 16.5. The maximum absolute atomic E-state index is 12.2. The van der Waals surface area contributed by atoms with E-state index in [1.165, 1.54) is 6.21 Å². The zero-order valence-electron chi connectivity index (χ0n) is 17.3. The van der Waals surface area contributed by atoms with Crippen LogP contribution in [-0.4, -0.2) is 55.1 Å². The fraction of sp³-hybridized carbons (Fsp3) is 0.304. The molecule has 0 radical (unpaired) electrons. The van der Waals surface area contributed by atoms with Crippen LogP contribution in [0.1, 0.15) is 24.0 Å². The average Bonchev–Trinajstić information content (AvgIpc) is 3.34. The summed E-state index contributed by atoms with van der Waals surface area (Å²) in [7, 11) is 0.